The van der Waals surface area contributed by atoms with Crippen LogP contribution in [0.15, 0.2) is 54.6 Å². The van der Waals surface area contributed by atoms with E-state index in [1.54, 1.807) is 6.92 Å². The SMILES string of the molecule is C[C@@H](O)C[C@H](CNC(=O)N1CCc2ccccc2C1)c1ccccc1. The topological polar surface area (TPSA) is 52.6 Å². The summed E-state index contributed by atoms with van der Waals surface area (Å²) in [5.41, 5.74) is 3.71. The van der Waals surface area contributed by atoms with Crippen LogP contribution in [-0.4, -0.2) is 35.2 Å². The summed E-state index contributed by atoms with van der Waals surface area (Å²) in [6, 6.07) is 18.3. The summed E-state index contributed by atoms with van der Waals surface area (Å²) < 4.78 is 0. The number of benzene rings is 2. The standard InChI is InChI=1S/C21H26N2O2/c1-16(24)13-20(17-7-3-2-4-8-17)14-22-21(25)23-12-11-18-9-5-6-10-19(18)15-23/h2-10,16,20,24H,11-15H2,1H3,(H,22,25)/t16-,20-/m1/s1. The van der Waals surface area contributed by atoms with Crippen molar-refractivity contribution >= 4 is 6.03 Å². The van der Waals surface area contributed by atoms with Gasteiger partial charge in [0.15, 0.2) is 0 Å². The van der Waals surface area contributed by atoms with Crippen LogP contribution in [0.3, 0.4) is 0 Å². The number of carbonyl (C=O) groups excluding carboxylic acids is 1. The molecule has 4 nitrogen and oxygen atoms in total. The van der Waals surface area contributed by atoms with Crippen molar-refractivity contribution in [2.75, 3.05) is 13.1 Å². The number of aliphatic hydroxyl groups is 1. The van der Waals surface area contributed by atoms with Crippen molar-refractivity contribution in [2.24, 2.45) is 0 Å². The van der Waals surface area contributed by atoms with Crippen LogP contribution in [0.25, 0.3) is 0 Å². The highest BCUT2D eigenvalue weighted by molar-refractivity contribution is 5.74. The Hall–Kier alpha value is -2.33. The summed E-state index contributed by atoms with van der Waals surface area (Å²) >= 11 is 0. The number of rotatable bonds is 5. The molecule has 0 bridgehead atoms. The number of hydrogen-bond acceptors (Lipinski definition) is 2. The van der Waals surface area contributed by atoms with Gasteiger partial charge in [0.25, 0.3) is 0 Å². The fraction of sp³-hybridized carbons (Fsp3) is 0.381. The lowest BCUT2D eigenvalue weighted by Gasteiger charge is -2.30. The van der Waals surface area contributed by atoms with Gasteiger partial charge in [-0.15, -0.1) is 0 Å². The molecule has 2 N–H and O–H groups in total. The molecule has 132 valence electrons. The molecule has 25 heavy (non-hydrogen) atoms. The van der Waals surface area contributed by atoms with Crippen LogP contribution in [0, 0.1) is 0 Å². The highest BCUT2D eigenvalue weighted by Gasteiger charge is 2.22. The monoisotopic (exact) mass is 338 g/mol. The van der Waals surface area contributed by atoms with Gasteiger partial charge in [0.1, 0.15) is 0 Å². The second kappa shape index (κ2) is 8.17. The van der Waals surface area contributed by atoms with Crippen molar-refractivity contribution in [1.82, 2.24) is 10.2 Å². The first-order valence-corrected chi connectivity index (χ1v) is 8.96. The van der Waals surface area contributed by atoms with Crippen molar-refractivity contribution in [3.8, 4) is 0 Å². The minimum atomic E-state index is -0.399. The number of nitrogens with zero attached hydrogens (tertiary/aromatic N) is 1. The fourth-order valence-corrected chi connectivity index (χ4v) is 3.47. The van der Waals surface area contributed by atoms with Gasteiger partial charge >= 0.3 is 6.03 Å². The largest absolute Gasteiger partial charge is 0.393 e. The molecule has 1 aliphatic heterocycles. The Kier molecular flexibility index (Phi) is 5.71. The van der Waals surface area contributed by atoms with Gasteiger partial charge < -0.3 is 15.3 Å². The molecule has 0 radical (unpaired) electrons. The number of amides is 2. The molecule has 1 aliphatic rings. The second-order valence-corrected chi connectivity index (χ2v) is 6.82. The maximum absolute atomic E-state index is 12.6. The molecule has 0 fully saturated rings. The fourth-order valence-electron chi connectivity index (χ4n) is 3.47. The van der Waals surface area contributed by atoms with Crippen LogP contribution in [0.4, 0.5) is 4.79 Å². The lowest BCUT2D eigenvalue weighted by atomic mass is 9.93. The number of carbonyl (C=O) groups is 1. The van der Waals surface area contributed by atoms with E-state index in [4.69, 9.17) is 0 Å². The van der Waals surface area contributed by atoms with E-state index in [2.05, 4.69) is 35.6 Å². The van der Waals surface area contributed by atoms with E-state index in [1.165, 1.54) is 11.1 Å². The highest BCUT2D eigenvalue weighted by Crippen LogP contribution is 2.21. The molecule has 0 saturated heterocycles. The Bertz CT molecular complexity index is 700. The zero-order valence-corrected chi connectivity index (χ0v) is 14.7. The zero-order valence-electron chi connectivity index (χ0n) is 14.7. The maximum Gasteiger partial charge on any atom is 0.317 e. The van der Waals surface area contributed by atoms with Gasteiger partial charge in [0.05, 0.1) is 6.10 Å². The average molecular weight is 338 g/mol. The molecule has 2 atom stereocenters. The summed E-state index contributed by atoms with van der Waals surface area (Å²) in [5.74, 6) is 0.113. The third-order valence-electron chi connectivity index (χ3n) is 4.81. The van der Waals surface area contributed by atoms with Crippen LogP contribution in [-0.2, 0) is 13.0 Å². The first-order valence-electron chi connectivity index (χ1n) is 8.96. The van der Waals surface area contributed by atoms with Crippen LogP contribution in [0.2, 0.25) is 0 Å². The van der Waals surface area contributed by atoms with Gasteiger partial charge in [-0.05, 0) is 36.5 Å². The maximum atomic E-state index is 12.6. The Labute approximate surface area is 149 Å². The third-order valence-corrected chi connectivity index (χ3v) is 4.81. The summed E-state index contributed by atoms with van der Waals surface area (Å²) in [6.45, 7) is 3.73. The Balaban J connectivity index is 1.60. The normalized spacial score (nSPS) is 16.0. The lowest BCUT2D eigenvalue weighted by molar-refractivity contribution is 0.169. The van der Waals surface area contributed by atoms with Crippen molar-refractivity contribution in [3.05, 3.63) is 71.3 Å². The second-order valence-electron chi connectivity index (χ2n) is 6.82. The van der Waals surface area contributed by atoms with Gasteiger partial charge in [-0.25, -0.2) is 4.79 Å². The number of nitrogens with one attached hydrogen (secondary N) is 1. The van der Waals surface area contributed by atoms with E-state index in [9.17, 15) is 9.90 Å². The smallest absolute Gasteiger partial charge is 0.317 e. The van der Waals surface area contributed by atoms with Crippen molar-refractivity contribution in [1.29, 1.82) is 0 Å². The van der Waals surface area contributed by atoms with Gasteiger partial charge in [0, 0.05) is 25.6 Å². The number of aliphatic hydroxyl groups excluding tert-OH is 1. The number of hydrogen-bond donors (Lipinski definition) is 2. The highest BCUT2D eigenvalue weighted by atomic mass is 16.3. The van der Waals surface area contributed by atoms with Crippen LogP contribution >= 0.6 is 0 Å². The summed E-state index contributed by atoms with van der Waals surface area (Å²) in [7, 11) is 0. The minimum absolute atomic E-state index is 0.0268. The zero-order chi connectivity index (χ0) is 17.6. The molecular weight excluding hydrogens is 312 g/mol. The minimum Gasteiger partial charge on any atom is -0.393 e. The van der Waals surface area contributed by atoms with Crippen LogP contribution in [0.1, 0.15) is 36.0 Å². The molecule has 0 aromatic heterocycles. The van der Waals surface area contributed by atoms with Crippen LogP contribution in [0.5, 0.6) is 0 Å². The van der Waals surface area contributed by atoms with Gasteiger partial charge in [-0.1, -0.05) is 54.6 Å². The number of urea groups is 1. The molecule has 4 heteroatoms. The van der Waals surface area contributed by atoms with Crippen molar-refractivity contribution in [2.45, 2.75) is 38.3 Å². The van der Waals surface area contributed by atoms with Crippen molar-refractivity contribution in [3.63, 3.8) is 0 Å². The van der Waals surface area contributed by atoms with E-state index in [0.29, 0.717) is 19.5 Å². The van der Waals surface area contributed by atoms with E-state index in [0.717, 1.165) is 18.5 Å². The van der Waals surface area contributed by atoms with Gasteiger partial charge in [-0.2, -0.15) is 0 Å². The van der Waals surface area contributed by atoms with Gasteiger partial charge in [-0.3, -0.25) is 0 Å². The van der Waals surface area contributed by atoms with E-state index >= 15 is 0 Å². The molecule has 1 heterocycles. The first kappa shape index (κ1) is 17.5. The first-order chi connectivity index (χ1) is 12.1. The lowest BCUT2D eigenvalue weighted by Crippen LogP contribution is -2.44. The summed E-state index contributed by atoms with van der Waals surface area (Å²) in [5, 5.41) is 12.8. The predicted octanol–water partition coefficient (Wildman–Crippen LogP) is 3.31. The third kappa shape index (κ3) is 4.60. The molecule has 2 amide bonds. The quantitative estimate of drug-likeness (QED) is 0.879. The summed E-state index contributed by atoms with van der Waals surface area (Å²) in [4.78, 5) is 14.4. The van der Waals surface area contributed by atoms with E-state index in [1.807, 2.05) is 29.2 Å². The van der Waals surface area contributed by atoms with E-state index in [-0.39, 0.29) is 11.9 Å². The predicted molar refractivity (Wildman–Crippen MR) is 99.4 cm³/mol. The van der Waals surface area contributed by atoms with E-state index < -0.39 is 6.10 Å². The average Bonchev–Trinajstić information content (AvgIpc) is 2.65. The Morgan fingerprint density at radius 2 is 1.80 bits per heavy atom. The Morgan fingerprint density at radius 1 is 1.12 bits per heavy atom. The molecular formula is C21H26N2O2. The number of fused-ring (bicyclic) bond motifs is 1. The molecule has 3 rings (SSSR count). The Morgan fingerprint density at radius 3 is 2.52 bits per heavy atom. The molecule has 2 aromatic carbocycles. The molecule has 0 unspecified atom stereocenters. The molecule has 0 aliphatic carbocycles. The van der Waals surface area contributed by atoms with Gasteiger partial charge in [0.2, 0.25) is 0 Å². The molecule has 0 saturated carbocycles. The van der Waals surface area contributed by atoms with Crippen LogP contribution < -0.4 is 5.32 Å². The molecule has 0 spiro atoms. The summed E-state index contributed by atoms with van der Waals surface area (Å²) in [6.07, 6.45) is 1.14. The van der Waals surface area contributed by atoms with Crippen molar-refractivity contribution < 1.29 is 9.90 Å². The molecule has 2 aromatic rings.